The molecule has 140 valence electrons. The summed E-state index contributed by atoms with van der Waals surface area (Å²) in [5.74, 6) is 0.144. The van der Waals surface area contributed by atoms with E-state index in [4.69, 9.17) is 4.74 Å². The molecule has 0 aliphatic carbocycles. The summed E-state index contributed by atoms with van der Waals surface area (Å²) in [7, 11) is -2.12. The first kappa shape index (κ1) is 20.0. The van der Waals surface area contributed by atoms with Gasteiger partial charge in [0.15, 0.2) is 0 Å². The molecule has 1 atom stereocenters. The van der Waals surface area contributed by atoms with Crippen molar-refractivity contribution < 1.29 is 17.9 Å². The molecule has 2 N–H and O–H groups in total. The van der Waals surface area contributed by atoms with E-state index in [1.54, 1.807) is 12.1 Å². The quantitative estimate of drug-likeness (QED) is 0.795. The van der Waals surface area contributed by atoms with E-state index in [0.29, 0.717) is 25.3 Å². The Labute approximate surface area is 154 Å². The highest BCUT2D eigenvalue weighted by atomic mass is 35.5. The highest BCUT2D eigenvalue weighted by Gasteiger charge is 2.30. The Balaban J connectivity index is 0.00000225. The van der Waals surface area contributed by atoms with Crippen LogP contribution in [0.1, 0.15) is 19.3 Å². The van der Waals surface area contributed by atoms with Crippen LogP contribution in [0.4, 0.5) is 5.69 Å². The molecule has 2 aliphatic rings. The van der Waals surface area contributed by atoms with Crippen molar-refractivity contribution in [3.8, 4) is 5.75 Å². The van der Waals surface area contributed by atoms with Gasteiger partial charge in [-0.3, -0.25) is 4.79 Å². The number of sulfonamides is 1. The number of hydrogen-bond acceptors (Lipinski definition) is 5. The second-order valence-electron chi connectivity index (χ2n) is 6.16. The number of halogens is 1. The van der Waals surface area contributed by atoms with Gasteiger partial charge in [0.1, 0.15) is 10.6 Å². The molecule has 0 saturated carbocycles. The van der Waals surface area contributed by atoms with Crippen LogP contribution < -0.4 is 15.4 Å². The number of methoxy groups -OCH3 is 1. The van der Waals surface area contributed by atoms with Crippen molar-refractivity contribution in [1.82, 2.24) is 9.62 Å². The number of rotatable bonds is 5. The normalized spacial score (nSPS) is 20.9. The summed E-state index contributed by atoms with van der Waals surface area (Å²) in [4.78, 5) is 12.3. The maximum absolute atomic E-state index is 12.7. The lowest BCUT2D eigenvalue weighted by Gasteiger charge is -2.18. The number of amides is 1. The third-order valence-electron chi connectivity index (χ3n) is 4.55. The summed E-state index contributed by atoms with van der Waals surface area (Å²) in [6.07, 6.45) is 2.57. The van der Waals surface area contributed by atoms with Crippen molar-refractivity contribution in [1.29, 1.82) is 0 Å². The van der Waals surface area contributed by atoms with Gasteiger partial charge in [0.05, 0.1) is 13.0 Å². The Hall–Kier alpha value is -1.35. The van der Waals surface area contributed by atoms with Gasteiger partial charge in [-0.1, -0.05) is 0 Å². The molecule has 1 aromatic rings. The first-order chi connectivity index (χ1) is 11.5. The van der Waals surface area contributed by atoms with E-state index in [2.05, 4.69) is 10.6 Å². The van der Waals surface area contributed by atoms with Gasteiger partial charge in [-0.2, -0.15) is 4.31 Å². The van der Waals surface area contributed by atoms with E-state index in [0.717, 1.165) is 25.8 Å². The largest absolute Gasteiger partial charge is 0.495 e. The van der Waals surface area contributed by atoms with E-state index in [9.17, 15) is 13.2 Å². The van der Waals surface area contributed by atoms with Gasteiger partial charge in [-0.05, 0) is 37.9 Å². The van der Waals surface area contributed by atoms with Crippen LogP contribution in [0.15, 0.2) is 23.1 Å². The molecule has 2 heterocycles. The number of nitrogens with one attached hydrogen (secondary N) is 2. The molecule has 3 rings (SSSR count). The number of benzene rings is 1. The minimum Gasteiger partial charge on any atom is -0.495 e. The summed E-state index contributed by atoms with van der Waals surface area (Å²) in [5.41, 5.74) is 0.545. The molecule has 0 radical (unpaired) electrons. The number of nitrogens with zero attached hydrogens (tertiary/aromatic N) is 1. The van der Waals surface area contributed by atoms with Crippen LogP contribution in [0.3, 0.4) is 0 Å². The molecule has 25 heavy (non-hydrogen) atoms. The SMILES string of the molecule is COc1cc(NC(=O)C2CCNC2)ccc1S(=O)(=O)N1CCCC1.Cl. The summed E-state index contributed by atoms with van der Waals surface area (Å²) >= 11 is 0. The van der Waals surface area contributed by atoms with Crippen molar-refractivity contribution in [3.63, 3.8) is 0 Å². The second-order valence-corrected chi connectivity index (χ2v) is 8.06. The van der Waals surface area contributed by atoms with E-state index in [-0.39, 0.29) is 34.9 Å². The number of hydrogen-bond donors (Lipinski definition) is 2. The number of ether oxygens (including phenoxy) is 1. The molecule has 1 amide bonds. The fraction of sp³-hybridized carbons (Fsp3) is 0.562. The van der Waals surface area contributed by atoms with Crippen LogP contribution in [0.2, 0.25) is 0 Å². The van der Waals surface area contributed by atoms with E-state index in [1.807, 2.05) is 0 Å². The van der Waals surface area contributed by atoms with Gasteiger partial charge < -0.3 is 15.4 Å². The molecule has 2 fully saturated rings. The predicted octanol–water partition coefficient (Wildman–Crippen LogP) is 1.45. The standard InChI is InChI=1S/C16H23N3O4S.ClH/c1-23-14-10-13(18-16(20)12-6-7-17-11-12)4-5-15(14)24(21,22)19-8-2-3-9-19;/h4-5,10,12,17H,2-3,6-9,11H2,1H3,(H,18,20);1H. The third-order valence-corrected chi connectivity index (χ3v) is 6.48. The molecule has 0 aromatic heterocycles. The lowest BCUT2D eigenvalue weighted by molar-refractivity contribution is -0.119. The van der Waals surface area contributed by atoms with Gasteiger partial charge >= 0.3 is 0 Å². The maximum Gasteiger partial charge on any atom is 0.246 e. The lowest BCUT2D eigenvalue weighted by atomic mass is 10.1. The average molecular weight is 390 g/mol. The van der Waals surface area contributed by atoms with Crippen LogP contribution in [0.25, 0.3) is 0 Å². The molecule has 7 nitrogen and oxygen atoms in total. The molecule has 0 spiro atoms. The zero-order valence-electron chi connectivity index (χ0n) is 14.2. The minimum absolute atomic E-state index is 0. The first-order valence-corrected chi connectivity index (χ1v) is 9.66. The second kappa shape index (κ2) is 8.35. The minimum atomic E-state index is -3.56. The first-order valence-electron chi connectivity index (χ1n) is 8.22. The third kappa shape index (κ3) is 4.25. The van der Waals surface area contributed by atoms with Crippen LogP contribution in [-0.2, 0) is 14.8 Å². The molecule has 1 unspecified atom stereocenters. The monoisotopic (exact) mass is 389 g/mol. The molecular formula is C16H24ClN3O4S. The highest BCUT2D eigenvalue weighted by Crippen LogP contribution is 2.31. The van der Waals surface area contributed by atoms with Crippen LogP contribution in [-0.4, -0.2) is 51.9 Å². The molecular weight excluding hydrogens is 366 g/mol. The zero-order chi connectivity index (χ0) is 17.2. The fourth-order valence-corrected chi connectivity index (χ4v) is 4.80. The Kier molecular flexibility index (Phi) is 6.67. The molecule has 2 aliphatic heterocycles. The van der Waals surface area contributed by atoms with Gasteiger partial charge in [0.2, 0.25) is 15.9 Å². The smallest absolute Gasteiger partial charge is 0.246 e. The number of carbonyl (C=O) groups is 1. The van der Waals surface area contributed by atoms with Crippen molar-refractivity contribution >= 4 is 34.0 Å². The van der Waals surface area contributed by atoms with Crippen molar-refractivity contribution in [2.75, 3.05) is 38.6 Å². The number of carbonyl (C=O) groups excluding carboxylic acids is 1. The average Bonchev–Trinajstić information content (AvgIpc) is 3.27. The van der Waals surface area contributed by atoms with Crippen LogP contribution in [0.5, 0.6) is 5.75 Å². The van der Waals surface area contributed by atoms with Gasteiger partial charge in [0, 0.05) is 31.4 Å². The molecule has 9 heteroatoms. The van der Waals surface area contributed by atoms with E-state index < -0.39 is 10.0 Å². The summed E-state index contributed by atoms with van der Waals surface area (Å²) < 4.78 is 32.2. The molecule has 2 saturated heterocycles. The summed E-state index contributed by atoms with van der Waals surface area (Å²) in [6, 6.07) is 4.70. The zero-order valence-corrected chi connectivity index (χ0v) is 15.8. The highest BCUT2D eigenvalue weighted by molar-refractivity contribution is 7.89. The van der Waals surface area contributed by atoms with Gasteiger partial charge in [0.25, 0.3) is 0 Å². The van der Waals surface area contributed by atoms with Crippen molar-refractivity contribution in [2.45, 2.75) is 24.2 Å². The molecule has 1 aromatic carbocycles. The Morgan fingerprint density at radius 2 is 2.04 bits per heavy atom. The lowest BCUT2D eigenvalue weighted by Crippen LogP contribution is -2.28. The maximum atomic E-state index is 12.7. The van der Waals surface area contributed by atoms with Crippen molar-refractivity contribution in [2.24, 2.45) is 5.92 Å². The van der Waals surface area contributed by atoms with Gasteiger partial charge in [-0.15, -0.1) is 12.4 Å². The Bertz CT molecular complexity index is 714. The van der Waals surface area contributed by atoms with Crippen LogP contribution >= 0.6 is 12.4 Å². The summed E-state index contributed by atoms with van der Waals surface area (Å²) in [5, 5.41) is 5.99. The topological polar surface area (TPSA) is 87.7 Å². The van der Waals surface area contributed by atoms with E-state index >= 15 is 0 Å². The number of anilines is 1. The fourth-order valence-electron chi connectivity index (χ4n) is 3.15. The van der Waals surface area contributed by atoms with E-state index in [1.165, 1.54) is 17.5 Å². The Morgan fingerprint density at radius 1 is 1.32 bits per heavy atom. The van der Waals surface area contributed by atoms with Crippen molar-refractivity contribution in [3.05, 3.63) is 18.2 Å². The predicted molar refractivity (Wildman–Crippen MR) is 97.8 cm³/mol. The Morgan fingerprint density at radius 3 is 2.64 bits per heavy atom. The summed E-state index contributed by atoms with van der Waals surface area (Å²) in [6.45, 7) is 2.59. The van der Waals surface area contributed by atoms with Crippen LogP contribution in [0, 0.1) is 5.92 Å². The van der Waals surface area contributed by atoms with Gasteiger partial charge in [-0.25, -0.2) is 8.42 Å². The molecule has 0 bridgehead atoms.